The van der Waals surface area contributed by atoms with E-state index in [1.165, 1.54) is 0 Å². The van der Waals surface area contributed by atoms with E-state index in [9.17, 15) is 23.1 Å². The van der Waals surface area contributed by atoms with Crippen LogP contribution in [0.3, 0.4) is 0 Å². The number of ether oxygens (including phenoxy) is 1. The van der Waals surface area contributed by atoms with Crippen LogP contribution in [0.1, 0.15) is 32.6 Å². The molecule has 0 aromatic carbocycles. The van der Waals surface area contributed by atoms with Crippen LogP contribution in [0.2, 0.25) is 0 Å². The molecule has 0 aromatic rings. The minimum Gasteiger partial charge on any atom is -0.478 e. The number of hydrogen-bond acceptors (Lipinski definition) is 4. The average Bonchev–Trinajstić information content (AvgIpc) is 3.39. The van der Waals surface area contributed by atoms with Crippen LogP contribution < -0.4 is 0 Å². The molecule has 1 saturated heterocycles. The van der Waals surface area contributed by atoms with E-state index in [4.69, 9.17) is 4.74 Å². The molecule has 0 radical (unpaired) electrons. The van der Waals surface area contributed by atoms with Crippen molar-refractivity contribution in [1.29, 1.82) is 0 Å². The summed E-state index contributed by atoms with van der Waals surface area (Å²) in [5, 5.41) is 9.69. The monoisotopic (exact) mass is 374 g/mol. The van der Waals surface area contributed by atoms with Crippen molar-refractivity contribution in [1.82, 2.24) is 9.80 Å². The Kier molecular flexibility index (Phi) is 5.62. The summed E-state index contributed by atoms with van der Waals surface area (Å²) in [5.74, 6) is -0.860. The predicted molar refractivity (Wildman–Crippen MR) is 89.3 cm³/mol. The lowest BCUT2D eigenvalue weighted by Crippen LogP contribution is -2.53. The number of rotatable bonds is 6. The first-order valence-electron chi connectivity index (χ1n) is 9.09. The summed E-state index contributed by atoms with van der Waals surface area (Å²) < 4.78 is 43.3. The van der Waals surface area contributed by atoms with Gasteiger partial charge in [0.25, 0.3) is 0 Å². The van der Waals surface area contributed by atoms with E-state index < -0.39 is 18.6 Å². The highest BCUT2D eigenvalue weighted by Gasteiger charge is 2.41. The van der Waals surface area contributed by atoms with Crippen molar-refractivity contribution < 1.29 is 27.8 Å². The van der Waals surface area contributed by atoms with Crippen LogP contribution in [-0.2, 0) is 9.53 Å². The molecular weight excluding hydrogens is 349 g/mol. The van der Waals surface area contributed by atoms with E-state index >= 15 is 0 Å². The summed E-state index contributed by atoms with van der Waals surface area (Å²) >= 11 is 0. The molecule has 8 heteroatoms. The molecule has 1 saturated carbocycles. The molecule has 0 spiro atoms. The second-order valence-corrected chi connectivity index (χ2v) is 7.16. The highest BCUT2D eigenvalue weighted by molar-refractivity contribution is 5.93. The molecule has 0 amide bonds. The summed E-state index contributed by atoms with van der Waals surface area (Å²) in [6, 6.07) is 0. The fraction of sp³-hybridized carbons (Fsp3) is 0.722. The molecule has 146 valence electrons. The van der Waals surface area contributed by atoms with Gasteiger partial charge in [-0.1, -0.05) is 0 Å². The second kappa shape index (κ2) is 7.60. The first kappa shape index (κ1) is 19.2. The van der Waals surface area contributed by atoms with Gasteiger partial charge in [-0.2, -0.15) is 13.2 Å². The van der Waals surface area contributed by atoms with E-state index in [2.05, 4.69) is 4.90 Å². The molecule has 1 unspecified atom stereocenters. The molecule has 3 aliphatic rings. The zero-order chi connectivity index (χ0) is 18.9. The Morgan fingerprint density at radius 2 is 1.96 bits per heavy atom. The lowest BCUT2D eigenvalue weighted by molar-refractivity contribution is -0.137. The number of carboxylic acid groups (broad SMARTS) is 1. The highest BCUT2D eigenvalue weighted by atomic mass is 19.4. The van der Waals surface area contributed by atoms with Gasteiger partial charge in [0.05, 0.1) is 18.8 Å². The zero-order valence-corrected chi connectivity index (χ0v) is 14.9. The van der Waals surface area contributed by atoms with E-state index in [0.717, 1.165) is 18.5 Å². The molecule has 26 heavy (non-hydrogen) atoms. The Balaban J connectivity index is 1.88. The van der Waals surface area contributed by atoms with Gasteiger partial charge < -0.3 is 14.7 Å². The zero-order valence-electron chi connectivity index (χ0n) is 14.9. The Morgan fingerprint density at radius 3 is 2.50 bits per heavy atom. The van der Waals surface area contributed by atoms with Crippen LogP contribution in [0.25, 0.3) is 0 Å². The smallest absolute Gasteiger partial charge is 0.389 e. The summed E-state index contributed by atoms with van der Waals surface area (Å²) in [6.45, 7) is 4.51. The van der Waals surface area contributed by atoms with Crippen LogP contribution in [0.5, 0.6) is 0 Å². The first-order valence-corrected chi connectivity index (χ1v) is 9.09. The molecular formula is C18H25F3N2O3. The lowest BCUT2D eigenvalue weighted by atomic mass is 9.95. The lowest BCUT2D eigenvalue weighted by Gasteiger charge is -2.45. The van der Waals surface area contributed by atoms with Gasteiger partial charge in [-0.3, -0.25) is 4.90 Å². The van der Waals surface area contributed by atoms with Crippen molar-refractivity contribution >= 4 is 5.97 Å². The van der Waals surface area contributed by atoms with Crippen LogP contribution in [0, 0.1) is 5.92 Å². The molecule has 2 heterocycles. The third-order valence-corrected chi connectivity index (χ3v) is 5.14. The molecule has 1 atom stereocenters. The largest absolute Gasteiger partial charge is 0.478 e. The van der Waals surface area contributed by atoms with Crippen LogP contribution in [0.4, 0.5) is 13.2 Å². The maximum atomic E-state index is 12.6. The Morgan fingerprint density at radius 1 is 1.31 bits per heavy atom. The van der Waals surface area contributed by atoms with Crippen molar-refractivity contribution in [2.75, 3.05) is 32.8 Å². The molecule has 0 aromatic heterocycles. The van der Waals surface area contributed by atoms with Crippen LogP contribution in [-0.4, -0.2) is 66.1 Å². The van der Waals surface area contributed by atoms with Gasteiger partial charge in [-0.15, -0.1) is 0 Å². The number of nitrogens with zero attached hydrogens (tertiary/aromatic N) is 2. The highest BCUT2D eigenvalue weighted by Crippen LogP contribution is 2.44. The van der Waals surface area contributed by atoms with E-state index in [1.54, 1.807) is 6.92 Å². The fourth-order valence-electron chi connectivity index (χ4n) is 3.81. The number of hydrogen-bond donors (Lipinski definition) is 1. The second-order valence-electron chi connectivity index (χ2n) is 7.16. The molecule has 2 aliphatic heterocycles. The molecule has 2 fully saturated rings. The van der Waals surface area contributed by atoms with Gasteiger partial charge in [-0.05, 0) is 43.8 Å². The number of alkyl halides is 3. The predicted octanol–water partition coefficient (Wildman–Crippen LogP) is 3.00. The van der Waals surface area contributed by atoms with Gasteiger partial charge in [0.1, 0.15) is 6.17 Å². The standard InChI is InChI=1S/C18H25F3N2O3/c1-12-11-14(22-7-9-26-10-8-22)23(6-2-5-18(19,20)21)16(13-3-4-13)15(12)17(24)25/h11,13-14H,2-10H2,1H3,(H,24,25). The molecule has 3 rings (SSSR count). The number of aliphatic carboxylic acids is 1. The Bertz CT molecular complexity index is 605. The molecule has 1 N–H and O–H groups in total. The van der Waals surface area contributed by atoms with E-state index in [0.29, 0.717) is 31.9 Å². The molecule has 5 nitrogen and oxygen atoms in total. The number of halogens is 3. The first-order chi connectivity index (χ1) is 12.3. The van der Waals surface area contributed by atoms with Gasteiger partial charge in [0.2, 0.25) is 0 Å². The van der Waals surface area contributed by atoms with Gasteiger partial charge >= 0.3 is 12.1 Å². The summed E-state index contributed by atoms with van der Waals surface area (Å²) in [6.07, 6.45) is -1.63. The minimum atomic E-state index is -4.20. The van der Waals surface area contributed by atoms with Crippen molar-refractivity contribution in [3.05, 3.63) is 22.9 Å². The fourth-order valence-corrected chi connectivity index (χ4v) is 3.81. The van der Waals surface area contributed by atoms with Gasteiger partial charge in [0.15, 0.2) is 0 Å². The topological polar surface area (TPSA) is 53.0 Å². The number of carboxylic acids is 1. The minimum absolute atomic E-state index is 0.0413. The molecule has 0 bridgehead atoms. The summed E-state index contributed by atoms with van der Waals surface area (Å²) in [5.41, 5.74) is 1.68. The van der Waals surface area contributed by atoms with E-state index in [1.807, 2.05) is 11.0 Å². The maximum absolute atomic E-state index is 12.6. The third-order valence-electron chi connectivity index (χ3n) is 5.14. The SMILES string of the molecule is CC1=CC(N2CCOCC2)N(CCCC(F)(F)F)C(C2CC2)=C1C(=O)O. The van der Waals surface area contributed by atoms with Crippen molar-refractivity contribution in [2.45, 2.75) is 44.9 Å². The van der Waals surface area contributed by atoms with Crippen molar-refractivity contribution in [3.63, 3.8) is 0 Å². The van der Waals surface area contributed by atoms with Crippen molar-refractivity contribution in [2.24, 2.45) is 5.92 Å². The van der Waals surface area contributed by atoms with Crippen molar-refractivity contribution in [3.8, 4) is 0 Å². The maximum Gasteiger partial charge on any atom is 0.389 e. The number of carbonyl (C=O) groups is 1. The van der Waals surface area contributed by atoms with Crippen LogP contribution >= 0.6 is 0 Å². The molecule has 1 aliphatic carbocycles. The summed E-state index contributed by atoms with van der Waals surface area (Å²) in [7, 11) is 0. The average molecular weight is 374 g/mol. The summed E-state index contributed by atoms with van der Waals surface area (Å²) in [4.78, 5) is 15.9. The Labute approximate surface area is 151 Å². The third kappa shape index (κ3) is 4.40. The Hall–Kier alpha value is -1.54. The van der Waals surface area contributed by atoms with Crippen LogP contribution in [0.15, 0.2) is 22.9 Å². The van der Waals surface area contributed by atoms with Gasteiger partial charge in [-0.25, -0.2) is 4.79 Å². The number of allylic oxidation sites excluding steroid dienone is 1. The van der Waals surface area contributed by atoms with Gasteiger partial charge in [0, 0.05) is 31.8 Å². The quantitative estimate of drug-likeness (QED) is 0.775. The normalized spacial score (nSPS) is 25.5. The van der Waals surface area contributed by atoms with E-state index in [-0.39, 0.29) is 30.6 Å². The number of morpholine rings is 1.